The van der Waals surface area contributed by atoms with Gasteiger partial charge in [0.15, 0.2) is 5.11 Å². The van der Waals surface area contributed by atoms with Gasteiger partial charge in [0.05, 0.1) is 24.0 Å². The van der Waals surface area contributed by atoms with Crippen molar-refractivity contribution in [1.29, 1.82) is 0 Å². The zero-order valence-corrected chi connectivity index (χ0v) is 22.6. The normalized spacial score (nSPS) is 17.6. The van der Waals surface area contributed by atoms with Crippen LogP contribution >= 0.6 is 12.2 Å². The van der Waals surface area contributed by atoms with Crippen molar-refractivity contribution in [3.05, 3.63) is 101 Å². The highest BCUT2D eigenvalue weighted by Crippen LogP contribution is 2.44. The molecule has 190 valence electrons. The molecule has 10 heteroatoms. The van der Waals surface area contributed by atoms with Crippen LogP contribution in [0, 0.1) is 20.8 Å². The van der Waals surface area contributed by atoms with Gasteiger partial charge in [0.25, 0.3) is 0 Å². The number of aromatic nitrogens is 3. The van der Waals surface area contributed by atoms with Crippen molar-refractivity contribution in [2.24, 2.45) is 0 Å². The lowest BCUT2D eigenvalue weighted by molar-refractivity contribution is 0.565. The van der Waals surface area contributed by atoms with Gasteiger partial charge in [0, 0.05) is 35.2 Å². The molecule has 1 saturated heterocycles. The Balaban J connectivity index is 1.64. The number of nitrogens with one attached hydrogen (secondary N) is 2. The molecule has 0 bridgehead atoms. The van der Waals surface area contributed by atoms with Crippen molar-refractivity contribution >= 4 is 38.7 Å². The third kappa shape index (κ3) is 4.82. The lowest BCUT2D eigenvalue weighted by atomic mass is 9.96. The maximum atomic E-state index is 11.7. The Labute approximate surface area is 222 Å². The first-order valence-electron chi connectivity index (χ1n) is 11.8. The van der Waals surface area contributed by atoms with Gasteiger partial charge in [-0.05, 0) is 92.6 Å². The van der Waals surface area contributed by atoms with Crippen molar-refractivity contribution in [2.45, 2.75) is 32.9 Å². The van der Waals surface area contributed by atoms with E-state index in [2.05, 4.69) is 62.4 Å². The highest BCUT2D eigenvalue weighted by atomic mass is 32.2. The summed E-state index contributed by atoms with van der Waals surface area (Å²) in [6.45, 7) is 6.24. The van der Waals surface area contributed by atoms with Crippen LogP contribution in [-0.4, -0.2) is 34.3 Å². The number of hydrogen-bond donors (Lipinski definition) is 2. The molecular formula is C27H28N6O2S2. The van der Waals surface area contributed by atoms with Gasteiger partial charge < -0.3 is 14.8 Å². The maximum absolute atomic E-state index is 11.7. The number of hydrogen-bond acceptors (Lipinski definition) is 5. The van der Waals surface area contributed by atoms with Crippen molar-refractivity contribution in [3.8, 4) is 5.82 Å². The second-order valence-electron chi connectivity index (χ2n) is 9.22. The monoisotopic (exact) mass is 532 g/mol. The zero-order chi connectivity index (χ0) is 26.3. The molecule has 8 nitrogen and oxygen atoms in total. The minimum absolute atomic E-state index is 0.193. The largest absolute Gasteiger partial charge is 0.351 e. The van der Waals surface area contributed by atoms with Crippen LogP contribution in [0.2, 0.25) is 0 Å². The highest BCUT2D eigenvalue weighted by Gasteiger charge is 2.42. The molecule has 1 aliphatic heterocycles. The van der Waals surface area contributed by atoms with Crippen LogP contribution < -0.4 is 14.9 Å². The minimum atomic E-state index is -3.37. The smallest absolute Gasteiger partial charge is 0.229 e. The number of sulfonamides is 1. The van der Waals surface area contributed by atoms with E-state index in [1.165, 1.54) is 0 Å². The van der Waals surface area contributed by atoms with Crippen LogP contribution in [0.5, 0.6) is 0 Å². The fourth-order valence-electron chi connectivity index (χ4n) is 4.98. The Morgan fingerprint density at radius 3 is 2.35 bits per heavy atom. The molecule has 2 atom stereocenters. The summed E-state index contributed by atoms with van der Waals surface area (Å²) in [6, 6.07) is 18.9. The third-order valence-electron chi connectivity index (χ3n) is 6.53. The molecule has 0 spiro atoms. The molecule has 0 radical (unpaired) electrons. The van der Waals surface area contributed by atoms with Gasteiger partial charge in [-0.2, -0.15) is 0 Å². The molecule has 37 heavy (non-hydrogen) atoms. The standard InChI is InChI=1S/C27H28N6O2S2/c1-17-8-7-15-29-26(17)32-18(2)16-22(19(32)3)25-24(23-9-5-6-14-28-23)30-27(36)33(25)21-12-10-20(11-13-21)31-37(4,34)35/h5-16,24-25,31H,1-4H3,(H,30,36)/t24-,25+/m0/s1. The Bertz CT molecular complexity index is 1570. The van der Waals surface area contributed by atoms with E-state index >= 15 is 0 Å². The Morgan fingerprint density at radius 1 is 0.973 bits per heavy atom. The molecule has 3 aromatic heterocycles. The van der Waals surface area contributed by atoms with Crippen molar-refractivity contribution in [1.82, 2.24) is 19.9 Å². The van der Waals surface area contributed by atoms with Crippen molar-refractivity contribution in [3.63, 3.8) is 0 Å². The van der Waals surface area contributed by atoms with Gasteiger partial charge in [-0.25, -0.2) is 13.4 Å². The maximum Gasteiger partial charge on any atom is 0.229 e. The summed E-state index contributed by atoms with van der Waals surface area (Å²) in [5.41, 5.74) is 6.54. The first-order chi connectivity index (χ1) is 17.6. The topological polar surface area (TPSA) is 92.2 Å². The quantitative estimate of drug-likeness (QED) is 0.347. The average molecular weight is 533 g/mol. The first-order valence-corrected chi connectivity index (χ1v) is 14.1. The van der Waals surface area contributed by atoms with Gasteiger partial charge in [0.2, 0.25) is 10.0 Å². The van der Waals surface area contributed by atoms with Crippen LogP contribution in [0.15, 0.2) is 73.1 Å². The van der Waals surface area contributed by atoms with Gasteiger partial charge >= 0.3 is 0 Å². The molecule has 4 heterocycles. The number of benzene rings is 1. The number of pyridine rings is 2. The molecule has 1 fully saturated rings. The van der Waals surface area contributed by atoms with Crippen LogP contribution in [0.4, 0.5) is 11.4 Å². The van der Waals surface area contributed by atoms with Gasteiger partial charge in [-0.15, -0.1) is 0 Å². The third-order valence-corrected chi connectivity index (χ3v) is 7.45. The van der Waals surface area contributed by atoms with E-state index in [0.717, 1.165) is 46.0 Å². The second kappa shape index (κ2) is 9.60. The molecule has 1 aliphatic rings. The summed E-state index contributed by atoms with van der Waals surface area (Å²) in [5, 5.41) is 4.06. The fraction of sp³-hybridized carbons (Fsp3) is 0.222. The zero-order valence-electron chi connectivity index (χ0n) is 21.0. The number of anilines is 2. The summed E-state index contributed by atoms with van der Waals surface area (Å²) >= 11 is 5.85. The molecule has 1 aromatic carbocycles. The van der Waals surface area contributed by atoms with E-state index in [0.29, 0.717) is 10.8 Å². The summed E-state index contributed by atoms with van der Waals surface area (Å²) in [6.07, 6.45) is 4.72. The summed E-state index contributed by atoms with van der Waals surface area (Å²) in [5.74, 6) is 0.898. The Hall–Kier alpha value is -3.76. The van der Waals surface area contributed by atoms with Crippen LogP contribution in [-0.2, 0) is 10.0 Å². The van der Waals surface area contributed by atoms with Crippen LogP contribution in [0.1, 0.15) is 40.3 Å². The Morgan fingerprint density at radius 2 is 1.70 bits per heavy atom. The van der Waals surface area contributed by atoms with Gasteiger partial charge in [-0.3, -0.25) is 9.71 Å². The number of aryl methyl sites for hydroxylation is 2. The SMILES string of the molecule is Cc1cccnc1-n1c(C)cc([C@@H]2[C@H](c3ccccn3)NC(=S)N2c2ccc(NS(C)(=O)=O)cc2)c1C. The molecular weight excluding hydrogens is 504 g/mol. The van der Waals surface area contributed by atoms with E-state index in [1.807, 2.05) is 42.6 Å². The lowest BCUT2D eigenvalue weighted by Gasteiger charge is -2.28. The number of nitrogens with zero attached hydrogens (tertiary/aromatic N) is 4. The molecule has 0 unspecified atom stereocenters. The lowest BCUT2D eigenvalue weighted by Crippen LogP contribution is -2.29. The van der Waals surface area contributed by atoms with E-state index in [1.54, 1.807) is 18.3 Å². The van der Waals surface area contributed by atoms with E-state index in [9.17, 15) is 8.42 Å². The predicted molar refractivity (Wildman–Crippen MR) is 151 cm³/mol. The molecule has 4 aromatic rings. The number of rotatable bonds is 6. The fourth-order valence-corrected chi connectivity index (χ4v) is 5.89. The van der Waals surface area contributed by atoms with Crippen molar-refractivity contribution in [2.75, 3.05) is 15.9 Å². The molecule has 0 saturated carbocycles. The summed E-state index contributed by atoms with van der Waals surface area (Å²) in [4.78, 5) is 11.4. The summed E-state index contributed by atoms with van der Waals surface area (Å²) < 4.78 is 28.0. The average Bonchev–Trinajstić information content (AvgIpc) is 3.35. The second-order valence-corrected chi connectivity index (χ2v) is 11.4. The van der Waals surface area contributed by atoms with Crippen molar-refractivity contribution < 1.29 is 8.42 Å². The van der Waals surface area contributed by atoms with E-state index in [4.69, 9.17) is 12.2 Å². The van der Waals surface area contributed by atoms with Crippen LogP contribution in [0.3, 0.4) is 0 Å². The van der Waals surface area contributed by atoms with Crippen LogP contribution in [0.25, 0.3) is 5.82 Å². The summed E-state index contributed by atoms with van der Waals surface area (Å²) in [7, 11) is -3.37. The first kappa shape index (κ1) is 24.9. The molecule has 2 N–H and O–H groups in total. The highest BCUT2D eigenvalue weighted by molar-refractivity contribution is 7.92. The molecule has 0 aliphatic carbocycles. The molecule has 5 rings (SSSR count). The predicted octanol–water partition coefficient (Wildman–Crippen LogP) is 4.74. The number of thiocarbonyl (C=S) groups is 1. The minimum Gasteiger partial charge on any atom is -0.351 e. The van der Waals surface area contributed by atoms with E-state index in [-0.39, 0.29) is 12.1 Å². The molecule has 0 amide bonds. The van der Waals surface area contributed by atoms with Gasteiger partial charge in [-0.1, -0.05) is 12.1 Å². The van der Waals surface area contributed by atoms with E-state index < -0.39 is 10.0 Å². The van der Waals surface area contributed by atoms with Gasteiger partial charge in [0.1, 0.15) is 5.82 Å². The Kier molecular flexibility index (Phi) is 6.47.